The van der Waals surface area contributed by atoms with Gasteiger partial charge in [0.1, 0.15) is 5.41 Å². The maximum Gasteiger partial charge on any atom is 0.261 e. The highest BCUT2D eigenvalue weighted by Gasteiger charge is 2.60. The fraction of sp³-hybridized carbons (Fsp3) is 0.280. The summed E-state index contributed by atoms with van der Waals surface area (Å²) in [6, 6.07) is 17.3. The third-order valence-corrected chi connectivity index (χ3v) is 7.32. The third-order valence-electron chi connectivity index (χ3n) is 7.08. The summed E-state index contributed by atoms with van der Waals surface area (Å²) in [7, 11) is 0. The van der Waals surface area contributed by atoms with Crippen molar-refractivity contribution in [2.24, 2.45) is 10.5 Å². The molecule has 0 N–H and O–H groups in total. The van der Waals surface area contributed by atoms with Crippen LogP contribution in [0.25, 0.3) is 0 Å². The van der Waals surface area contributed by atoms with Gasteiger partial charge in [0.15, 0.2) is 0 Å². The van der Waals surface area contributed by atoms with Gasteiger partial charge in [-0.05, 0) is 49.2 Å². The fourth-order valence-corrected chi connectivity index (χ4v) is 5.63. The second kappa shape index (κ2) is 7.56. The van der Waals surface area contributed by atoms with Crippen LogP contribution in [0.5, 0.6) is 0 Å². The zero-order chi connectivity index (χ0) is 22.6. The Morgan fingerprint density at radius 2 is 1.82 bits per heavy atom. The number of fused-ring (bicyclic) bond motifs is 4. The predicted octanol–water partition coefficient (Wildman–Crippen LogP) is 3.79. The lowest BCUT2D eigenvalue weighted by atomic mass is 9.67. The molecule has 0 saturated carbocycles. The molecule has 3 aliphatic heterocycles. The van der Waals surface area contributed by atoms with Crippen molar-refractivity contribution >= 4 is 40.5 Å². The topological polar surface area (TPSA) is 64.9 Å². The monoisotopic (exact) mass is 458 g/mol. The molecule has 0 radical (unpaired) electrons. The van der Waals surface area contributed by atoms with E-state index in [9.17, 15) is 4.79 Å². The molecule has 8 heteroatoms. The molecule has 0 unspecified atom stereocenters. The van der Waals surface area contributed by atoms with E-state index >= 15 is 0 Å². The zero-order valence-electron chi connectivity index (χ0n) is 18.2. The molecule has 2 atom stereocenters. The van der Waals surface area contributed by atoms with Crippen LogP contribution in [0.2, 0.25) is 5.02 Å². The molecule has 3 aliphatic rings. The van der Waals surface area contributed by atoms with Crippen molar-refractivity contribution < 1.29 is 4.79 Å². The van der Waals surface area contributed by atoms with E-state index < -0.39 is 5.41 Å². The Morgan fingerprint density at radius 1 is 1.03 bits per heavy atom. The van der Waals surface area contributed by atoms with Gasteiger partial charge in [-0.3, -0.25) is 4.79 Å². The predicted molar refractivity (Wildman–Crippen MR) is 130 cm³/mol. The molecule has 7 nitrogen and oxygen atoms in total. The summed E-state index contributed by atoms with van der Waals surface area (Å²) < 4.78 is 0. The Labute approximate surface area is 197 Å². The van der Waals surface area contributed by atoms with E-state index in [1.54, 1.807) is 17.4 Å². The second-order valence-electron chi connectivity index (χ2n) is 8.76. The number of halogens is 1. The van der Waals surface area contributed by atoms with Crippen LogP contribution in [-0.4, -0.2) is 47.3 Å². The van der Waals surface area contributed by atoms with E-state index in [1.165, 1.54) is 0 Å². The Kier molecular flexibility index (Phi) is 4.62. The van der Waals surface area contributed by atoms with Crippen molar-refractivity contribution in [3.8, 4) is 0 Å². The van der Waals surface area contributed by atoms with Gasteiger partial charge >= 0.3 is 0 Å². The fourth-order valence-electron chi connectivity index (χ4n) is 5.46. The number of nitrogens with zero attached hydrogens (tertiary/aromatic N) is 6. The number of carbonyl (C=O) groups is 1. The minimum atomic E-state index is -0.774. The normalized spacial score (nSPS) is 24.1. The first kappa shape index (κ1) is 20.2. The molecule has 1 saturated heterocycles. The molecule has 3 aromatic rings. The summed E-state index contributed by atoms with van der Waals surface area (Å²) >= 11 is 6.39. The SMILES string of the molecule is CC1=NN(c2ccccc2)C(=O)[C@]12Cc1ccc(Cl)cc1N1CCN(c3ncccn3)C[C@H]12. The number of carbonyl (C=O) groups excluding carboxylic acids is 1. The molecule has 1 spiro atoms. The number of hydrogen-bond donors (Lipinski definition) is 0. The Morgan fingerprint density at radius 3 is 2.61 bits per heavy atom. The van der Waals surface area contributed by atoms with Crippen molar-refractivity contribution in [3.05, 3.63) is 77.6 Å². The zero-order valence-corrected chi connectivity index (χ0v) is 19.0. The largest absolute Gasteiger partial charge is 0.363 e. The number of piperazine rings is 1. The minimum absolute atomic E-state index is 0.0117. The number of aromatic nitrogens is 2. The van der Waals surface area contributed by atoms with Crippen LogP contribution in [0.3, 0.4) is 0 Å². The first-order chi connectivity index (χ1) is 16.1. The molecule has 33 heavy (non-hydrogen) atoms. The molecule has 166 valence electrons. The number of para-hydroxylation sites is 1. The summed E-state index contributed by atoms with van der Waals surface area (Å²) in [6.45, 7) is 4.11. The van der Waals surface area contributed by atoms with Gasteiger partial charge in [-0.1, -0.05) is 35.9 Å². The number of rotatable bonds is 2. The molecular formula is C25H23ClN6O. The quantitative estimate of drug-likeness (QED) is 0.584. The van der Waals surface area contributed by atoms with Gasteiger partial charge < -0.3 is 9.80 Å². The average Bonchev–Trinajstić information content (AvgIpc) is 3.11. The van der Waals surface area contributed by atoms with Crippen LogP contribution in [0.15, 0.2) is 72.1 Å². The van der Waals surface area contributed by atoms with Gasteiger partial charge in [-0.15, -0.1) is 0 Å². The maximum atomic E-state index is 14.2. The molecule has 1 fully saturated rings. The van der Waals surface area contributed by atoms with Crippen molar-refractivity contribution in [2.75, 3.05) is 34.4 Å². The number of benzene rings is 2. The molecule has 1 amide bonds. The van der Waals surface area contributed by atoms with Crippen molar-refractivity contribution in [2.45, 2.75) is 19.4 Å². The number of amides is 1. The highest BCUT2D eigenvalue weighted by Crippen LogP contribution is 2.48. The Balaban J connectivity index is 1.47. The standard InChI is InChI=1S/C25H23ClN6O/c1-17-25(23(33)32(29-17)20-6-3-2-4-7-20)15-18-8-9-19(26)14-21(18)31-13-12-30(16-22(25)31)24-27-10-5-11-28-24/h2-11,14,22H,12-13,15-16H2,1H3/t22-,25+/m0/s1. The van der Waals surface area contributed by atoms with Gasteiger partial charge in [0.25, 0.3) is 5.91 Å². The average molecular weight is 459 g/mol. The first-order valence-corrected chi connectivity index (χ1v) is 11.5. The van der Waals surface area contributed by atoms with E-state index in [4.69, 9.17) is 16.7 Å². The summed E-state index contributed by atoms with van der Waals surface area (Å²) in [5, 5.41) is 7.07. The van der Waals surface area contributed by atoms with Crippen LogP contribution in [-0.2, 0) is 11.2 Å². The Hall–Kier alpha value is -3.45. The van der Waals surface area contributed by atoms with Crippen LogP contribution in [0.4, 0.5) is 17.3 Å². The highest BCUT2D eigenvalue weighted by atomic mass is 35.5. The van der Waals surface area contributed by atoms with E-state index in [-0.39, 0.29) is 11.9 Å². The number of hydrogen-bond acceptors (Lipinski definition) is 6. The van der Waals surface area contributed by atoms with Gasteiger partial charge in [-0.25, -0.2) is 9.97 Å². The lowest BCUT2D eigenvalue weighted by Gasteiger charge is -2.53. The van der Waals surface area contributed by atoms with Gasteiger partial charge in [-0.2, -0.15) is 10.1 Å². The summed E-state index contributed by atoms with van der Waals surface area (Å²) in [4.78, 5) is 27.6. The van der Waals surface area contributed by atoms with E-state index in [2.05, 4.69) is 19.8 Å². The Bertz CT molecular complexity index is 1250. The van der Waals surface area contributed by atoms with E-state index in [0.29, 0.717) is 23.9 Å². The minimum Gasteiger partial charge on any atom is -0.363 e. The summed E-state index contributed by atoms with van der Waals surface area (Å²) in [5.74, 6) is 0.696. The summed E-state index contributed by atoms with van der Waals surface area (Å²) in [5.41, 5.74) is 3.07. The number of anilines is 3. The molecule has 6 rings (SSSR count). The van der Waals surface area contributed by atoms with Crippen molar-refractivity contribution in [1.29, 1.82) is 0 Å². The first-order valence-electron chi connectivity index (χ1n) is 11.1. The lowest BCUT2D eigenvalue weighted by molar-refractivity contribution is -0.125. The highest BCUT2D eigenvalue weighted by molar-refractivity contribution is 6.31. The van der Waals surface area contributed by atoms with Crippen LogP contribution < -0.4 is 14.8 Å². The maximum absolute atomic E-state index is 14.2. The van der Waals surface area contributed by atoms with Crippen LogP contribution >= 0.6 is 11.6 Å². The molecule has 0 aliphatic carbocycles. The molecule has 2 aromatic carbocycles. The smallest absolute Gasteiger partial charge is 0.261 e. The van der Waals surface area contributed by atoms with Crippen LogP contribution in [0.1, 0.15) is 12.5 Å². The van der Waals surface area contributed by atoms with E-state index in [0.717, 1.165) is 35.7 Å². The van der Waals surface area contributed by atoms with Gasteiger partial charge in [0.05, 0.1) is 17.4 Å². The molecule has 4 heterocycles. The molecule has 0 bridgehead atoms. The van der Waals surface area contributed by atoms with Crippen molar-refractivity contribution in [3.63, 3.8) is 0 Å². The van der Waals surface area contributed by atoms with Gasteiger partial charge in [0.2, 0.25) is 5.95 Å². The molecular weight excluding hydrogens is 436 g/mol. The second-order valence-corrected chi connectivity index (χ2v) is 9.20. The lowest BCUT2D eigenvalue weighted by Crippen LogP contribution is -2.67. The van der Waals surface area contributed by atoms with Crippen molar-refractivity contribution in [1.82, 2.24) is 9.97 Å². The number of hydrazone groups is 1. The van der Waals surface area contributed by atoms with Crippen LogP contribution in [0, 0.1) is 5.41 Å². The third kappa shape index (κ3) is 3.03. The van der Waals surface area contributed by atoms with E-state index in [1.807, 2.05) is 61.5 Å². The van der Waals surface area contributed by atoms with Gasteiger partial charge in [0, 0.05) is 42.7 Å². The summed E-state index contributed by atoms with van der Waals surface area (Å²) in [6.07, 6.45) is 4.09. The molecule has 1 aromatic heterocycles.